The van der Waals surface area contributed by atoms with Crippen molar-refractivity contribution in [2.24, 2.45) is 0 Å². The second-order valence-corrected chi connectivity index (χ2v) is 11.0. The van der Waals surface area contributed by atoms with E-state index in [4.69, 9.17) is 11.6 Å². The molecule has 0 saturated carbocycles. The third-order valence-corrected chi connectivity index (χ3v) is 8.09. The lowest BCUT2D eigenvalue weighted by molar-refractivity contribution is -0.119. The molecule has 0 radical (unpaired) electrons. The van der Waals surface area contributed by atoms with E-state index < -0.39 is 10.0 Å². The molecule has 174 valence electrons. The van der Waals surface area contributed by atoms with Gasteiger partial charge in [0.15, 0.2) is 0 Å². The third-order valence-electron chi connectivity index (χ3n) is 5.03. The molecule has 0 aliphatic carbocycles. The molecule has 0 heterocycles. The van der Waals surface area contributed by atoms with Crippen molar-refractivity contribution in [1.29, 1.82) is 0 Å². The fourth-order valence-electron chi connectivity index (χ4n) is 3.20. The zero-order valence-electron chi connectivity index (χ0n) is 18.6. The minimum atomic E-state index is -3.91. The molecule has 1 N–H and O–H groups in total. The van der Waals surface area contributed by atoms with Gasteiger partial charge in [0.1, 0.15) is 6.54 Å². The van der Waals surface area contributed by atoms with Gasteiger partial charge in [0.25, 0.3) is 10.0 Å². The molecule has 0 aliphatic rings. The SMILES string of the molecule is Cc1ccc(S(=O)(=O)N(CC(=O)NCCSCc2ccc(Cl)cc2)c2ccccc2C)cc1. The van der Waals surface area contributed by atoms with Crippen molar-refractivity contribution < 1.29 is 13.2 Å². The molecule has 5 nitrogen and oxygen atoms in total. The van der Waals surface area contributed by atoms with Crippen molar-refractivity contribution >= 4 is 45.0 Å². The molecule has 3 aromatic rings. The first-order chi connectivity index (χ1) is 15.8. The number of para-hydroxylation sites is 1. The lowest BCUT2D eigenvalue weighted by Gasteiger charge is -2.25. The molecule has 1 amide bonds. The van der Waals surface area contributed by atoms with Crippen LogP contribution in [0.4, 0.5) is 5.69 Å². The zero-order valence-corrected chi connectivity index (χ0v) is 21.0. The van der Waals surface area contributed by atoms with Crippen LogP contribution in [0.1, 0.15) is 16.7 Å². The lowest BCUT2D eigenvalue weighted by atomic mass is 10.2. The normalized spacial score (nSPS) is 11.2. The second kappa shape index (κ2) is 11.6. The number of rotatable bonds is 10. The highest BCUT2D eigenvalue weighted by molar-refractivity contribution is 7.98. The summed E-state index contributed by atoms with van der Waals surface area (Å²) in [5.41, 5.74) is 3.39. The van der Waals surface area contributed by atoms with E-state index in [9.17, 15) is 13.2 Å². The van der Waals surface area contributed by atoms with E-state index in [0.29, 0.717) is 23.0 Å². The Kier molecular flexibility index (Phi) is 8.83. The van der Waals surface area contributed by atoms with Gasteiger partial charge in [0, 0.05) is 23.1 Å². The summed E-state index contributed by atoms with van der Waals surface area (Å²) in [7, 11) is -3.91. The van der Waals surface area contributed by atoms with Crippen molar-refractivity contribution in [2.45, 2.75) is 24.5 Å². The van der Waals surface area contributed by atoms with Crippen LogP contribution in [0.3, 0.4) is 0 Å². The maximum Gasteiger partial charge on any atom is 0.264 e. The second-order valence-electron chi connectivity index (χ2n) is 7.64. The van der Waals surface area contributed by atoms with Gasteiger partial charge < -0.3 is 5.32 Å². The highest BCUT2D eigenvalue weighted by Gasteiger charge is 2.28. The summed E-state index contributed by atoms with van der Waals surface area (Å²) in [6.45, 7) is 3.89. The monoisotopic (exact) mass is 502 g/mol. The van der Waals surface area contributed by atoms with E-state index in [1.807, 2.05) is 50.2 Å². The van der Waals surface area contributed by atoms with Crippen molar-refractivity contribution in [3.05, 3.63) is 94.5 Å². The Labute approximate surface area is 205 Å². The van der Waals surface area contributed by atoms with Crippen molar-refractivity contribution in [3.63, 3.8) is 0 Å². The predicted octanol–water partition coefficient (Wildman–Crippen LogP) is 5.20. The molecule has 0 saturated heterocycles. The van der Waals surface area contributed by atoms with Gasteiger partial charge >= 0.3 is 0 Å². The Morgan fingerprint density at radius 3 is 2.30 bits per heavy atom. The van der Waals surface area contributed by atoms with Crippen molar-refractivity contribution in [1.82, 2.24) is 5.32 Å². The smallest absolute Gasteiger partial charge is 0.264 e. The van der Waals surface area contributed by atoms with Crippen molar-refractivity contribution in [3.8, 4) is 0 Å². The zero-order chi connectivity index (χ0) is 23.8. The number of halogens is 1. The van der Waals surface area contributed by atoms with Crippen LogP contribution in [-0.4, -0.2) is 33.2 Å². The number of benzene rings is 3. The molecular weight excluding hydrogens is 476 g/mol. The van der Waals surface area contributed by atoms with Crippen LogP contribution >= 0.6 is 23.4 Å². The first-order valence-electron chi connectivity index (χ1n) is 10.5. The molecule has 0 fully saturated rings. The van der Waals surface area contributed by atoms with Crippen molar-refractivity contribution in [2.75, 3.05) is 23.1 Å². The van der Waals surface area contributed by atoms with Gasteiger partial charge in [-0.15, -0.1) is 0 Å². The van der Waals surface area contributed by atoms with E-state index in [-0.39, 0.29) is 17.3 Å². The Hall–Kier alpha value is -2.48. The van der Waals surface area contributed by atoms with Crippen LogP contribution in [-0.2, 0) is 20.6 Å². The Morgan fingerprint density at radius 1 is 0.970 bits per heavy atom. The molecular formula is C25H27ClN2O3S2. The highest BCUT2D eigenvalue weighted by Crippen LogP contribution is 2.26. The lowest BCUT2D eigenvalue weighted by Crippen LogP contribution is -2.41. The first kappa shape index (κ1) is 25.1. The number of nitrogens with one attached hydrogen (secondary N) is 1. The molecule has 0 spiro atoms. The number of thioether (sulfide) groups is 1. The molecule has 3 rings (SSSR count). The Balaban J connectivity index is 1.65. The van der Waals surface area contributed by atoms with Gasteiger partial charge in [0.2, 0.25) is 5.91 Å². The number of hydrogen-bond acceptors (Lipinski definition) is 4. The number of nitrogens with zero attached hydrogens (tertiary/aromatic N) is 1. The topological polar surface area (TPSA) is 66.5 Å². The molecule has 0 aliphatic heterocycles. The van der Waals surface area contributed by atoms with Crippen LogP contribution in [0.2, 0.25) is 5.02 Å². The molecule has 3 aromatic carbocycles. The number of aryl methyl sites for hydroxylation is 2. The van der Waals surface area contributed by atoms with E-state index in [1.165, 1.54) is 4.31 Å². The summed E-state index contributed by atoms with van der Waals surface area (Å²) in [5.74, 6) is 1.18. The van der Waals surface area contributed by atoms with Crippen LogP contribution in [0.25, 0.3) is 0 Å². The highest BCUT2D eigenvalue weighted by atomic mass is 35.5. The number of anilines is 1. The number of hydrogen-bond donors (Lipinski definition) is 1. The quantitative estimate of drug-likeness (QED) is 0.387. The summed E-state index contributed by atoms with van der Waals surface area (Å²) in [6.07, 6.45) is 0. The standard InChI is InChI=1S/C25H27ClN2O3S2/c1-19-7-13-23(14-8-19)33(30,31)28(24-6-4-3-5-20(24)2)17-25(29)27-15-16-32-18-21-9-11-22(26)12-10-21/h3-14H,15-18H2,1-2H3,(H,27,29). The van der Waals surface area contributed by atoms with Gasteiger partial charge in [-0.25, -0.2) is 8.42 Å². The largest absolute Gasteiger partial charge is 0.354 e. The number of carbonyl (C=O) groups excluding carboxylic acids is 1. The number of amides is 1. The maximum absolute atomic E-state index is 13.4. The van der Waals surface area contributed by atoms with E-state index >= 15 is 0 Å². The van der Waals surface area contributed by atoms with Gasteiger partial charge in [0.05, 0.1) is 10.6 Å². The fraction of sp³-hybridized carbons (Fsp3) is 0.240. The first-order valence-corrected chi connectivity index (χ1v) is 13.5. The van der Waals surface area contributed by atoms with Gasteiger partial charge in [-0.1, -0.05) is 59.6 Å². The minimum Gasteiger partial charge on any atom is -0.354 e. The predicted molar refractivity (Wildman–Crippen MR) is 138 cm³/mol. The average molecular weight is 503 g/mol. The van der Waals surface area contributed by atoms with Gasteiger partial charge in [-0.3, -0.25) is 9.10 Å². The fourth-order valence-corrected chi connectivity index (χ4v) is 5.63. The summed E-state index contributed by atoms with van der Waals surface area (Å²) in [4.78, 5) is 12.9. The van der Waals surface area contributed by atoms with E-state index in [2.05, 4.69) is 5.32 Å². The van der Waals surface area contributed by atoms with Gasteiger partial charge in [-0.05, 0) is 55.3 Å². The number of carbonyl (C=O) groups is 1. The van der Waals surface area contributed by atoms with E-state index in [0.717, 1.165) is 22.4 Å². The van der Waals surface area contributed by atoms with Crippen LogP contribution in [0.15, 0.2) is 77.7 Å². The molecule has 0 aromatic heterocycles. The third kappa shape index (κ3) is 7.00. The summed E-state index contributed by atoms with van der Waals surface area (Å²) >= 11 is 7.59. The van der Waals surface area contributed by atoms with Crippen LogP contribution < -0.4 is 9.62 Å². The molecule has 0 atom stereocenters. The molecule has 8 heteroatoms. The molecule has 0 bridgehead atoms. The number of sulfonamides is 1. The summed E-state index contributed by atoms with van der Waals surface area (Å²) in [6, 6.07) is 21.5. The average Bonchev–Trinajstić information content (AvgIpc) is 2.79. The van der Waals surface area contributed by atoms with Crippen LogP contribution in [0.5, 0.6) is 0 Å². The summed E-state index contributed by atoms with van der Waals surface area (Å²) in [5, 5.41) is 3.55. The van der Waals surface area contributed by atoms with Gasteiger partial charge in [-0.2, -0.15) is 11.8 Å². The Bertz CT molecular complexity index is 1180. The molecule has 33 heavy (non-hydrogen) atoms. The Morgan fingerprint density at radius 2 is 1.64 bits per heavy atom. The summed E-state index contributed by atoms with van der Waals surface area (Å²) < 4.78 is 28.0. The van der Waals surface area contributed by atoms with Crippen LogP contribution in [0, 0.1) is 13.8 Å². The molecule has 0 unspecified atom stereocenters. The maximum atomic E-state index is 13.4. The minimum absolute atomic E-state index is 0.155. The van der Waals surface area contributed by atoms with E-state index in [1.54, 1.807) is 48.2 Å².